The summed E-state index contributed by atoms with van der Waals surface area (Å²) in [7, 11) is -4.06. The van der Waals surface area contributed by atoms with Crippen LogP contribution in [0, 0.1) is 20.8 Å². The number of carbonyl (C=O) groups excluding carboxylic acids is 2. The Balaban J connectivity index is 1.85. The van der Waals surface area contributed by atoms with Gasteiger partial charge in [-0.15, -0.1) is 0 Å². The maximum atomic E-state index is 13.5. The smallest absolute Gasteiger partial charge is 0.289 e. The van der Waals surface area contributed by atoms with Gasteiger partial charge in [0.15, 0.2) is 17.1 Å². The molecule has 1 N–H and O–H groups in total. The summed E-state index contributed by atoms with van der Waals surface area (Å²) in [6.45, 7) is 8.10. The van der Waals surface area contributed by atoms with Crippen LogP contribution in [0.4, 0.5) is 5.69 Å². The first-order valence-electron chi connectivity index (χ1n) is 10.6. The minimum atomic E-state index is -4.06. The zero-order chi connectivity index (χ0) is 23.2. The summed E-state index contributed by atoms with van der Waals surface area (Å²) >= 11 is 0. The van der Waals surface area contributed by atoms with Crippen LogP contribution in [0.1, 0.15) is 57.4 Å². The highest BCUT2D eigenvalue weighted by Crippen LogP contribution is 2.36. The Labute approximate surface area is 187 Å². The maximum Gasteiger partial charge on any atom is 0.289 e. The van der Waals surface area contributed by atoms with Gasteiger partial charge >= 0.3 is 0 Å². The van der Waals surface area contributed by atoms with Gasteiger partial charge in [-0.25, -0.2) is 8.42 Å². The van der Waals surface area contributed by atoms with Crippen LogP contribution in [0.15, 0.2) is 39.6 Å². The number of anilines is 1. The summed E-state index contributed by atoms with van der Waals surface area (Å²) in [4.78, 5) is 26.4. The van der Waals surface area contributed by atoms with E-state index in [2.05, 4.69) is 4.72 Å². The van der Waals surface area contributed by atoms with Crippen molar-refractivity contribution in [1.82, 2.24) is 4.90 Å². The molecule has 0 unspecified atom stereocenters. The molecule has 0 aliphatic carbocycles. The third-order valence-electron chi connectivity index (χ3n) is 6.07. The number of aryl methyl sites for hydroxylation is 2. The number of likely N-dealkylation sites (tertiary alicyclic amines) is 1. The largest absolute Gasteiger partial charge is 0.449 e. The van der Waals surface area contributed by atoms with Gasteiger partial charge in [0.1, 0.15) is 4.90 Å². The number of amides is 1. The van der Waals surface area contributed by atoms with Crippen LogP contribution in [0.3, 0.4) is 0 Å². The Morgan fingerprint density at radius 2 is 1.72 bits per heavy atom. The van der Waals surface area contributed by atoms with Crippen LogP contribution in [-0.2, 0) is 10.0 Å². The molecule has 168 valence electrons. The SMILES string of the molecule is CC(=O)c1cccc(NS(=O)(=O)c2c(C)c(C)cc3c(C)c(C(=O)N4CCCC4)oc23)c1. The zero-order valence-corrected chi connectivity index (χ0v) is 19.4. The molecule has 8 heteroatoms. The van der Waals surface area contributed by atoms with Crippen molar-refractivity contribution < 1.29 is 22.4 Å². The average Bonchev–Trinajstić information content (AvgIpc) is 3.37. The van der Waals surface area contributed by atoms with E-state index in [1.54, 1.807) is 36.9 Å². The number of ketones is 1. The summed E-state index contributed by atoms with van der Waals surface area (Å²) in [6.07, 6.45) is 1.90. The molecule has 1 aliphatic rings. The first kappa shape index (κ1) is 22.1. The lowest BCUT2D eigenvalue weighted by atomic mass is 10.0. The van der Waals surface area contributed by atoms with Crippen LogP contribution < -0.4 is 4.72 Å². The minimum absolute atomic E-state index is 0.00398. The lowest BCUT2D eigenvalue weighted by Gasteiger charge is -2.14. The van der Waals surface area contributed by atoms with Crippen molar-refractivity contribution in [3.8, 4) is 0 Å². The van der Waals surface area contributed by atoms with E-state index in [1.165, 1.54) is 13.0 Å². The van der Waals surface area contributed by atoms with Gasteiger partial charge < -0.3 is 9.32 Å². The van der Waals surface area contributed by atoms with Crippen LogP contribution in [0.25, 0.3) is 11.0 Å². The second kappa shape index (κ2) is 8.09. The molecule has 0 atom stereocenters. The zero-order valence-electron chi connectivity index (χ0n) is 18.6. The Hall–Kier alpha value is -3.13. The molecule has 2 aromatic carbocycles. The van der Waals surface area contributed by atoms with Crippen LogP contribution in [-0.4, -0.2) is 38.1 Å². The average molecular weight is 455 g/mol. The Morgan fingerprint density at radius 3 is 2.38 bits per heavy atom. The number of hydrogen-bond acceptors (Lipinski definition) is 5. The van der Waals surface area contributed by atoms with Gasteiger partial charge in [0.2, 0.25) is 0 Å². The minimum Gasteiger partial charge on any atom is -0.449 e. The maximum absolute atomic E-state index is 13.5. The molecule has 7 nitrogen and oxygen atoms in total. The van der Waals surface area contributed by atoms with E-state index in [0.717, 1.165) is 18.4 Å². The lowest BCUT2D eigenvalue weighted by molar-refractivity contribution is 0.0762. The molecule has 0 saturated carbocycles. The van der Waals surface area contributed by atoms with E-state index in [-0.39, 0.29) is 33.6 Å². The fourth-order valence-electron chi connectivity index (χ4n) is 4.14. The van der Waals surface area contributed by atoms with E-state index in [9.17, 15) is 18.0 Å². The van der Waals surface area contributed by atoms with Crippen molar-refractivity contribution in [2.24, 2.45) is 0 Å². The number of Topliss-reactive ketones (excluding diaryl/α,β-unsaturated/α-hetero) is 1. The van der Waals surface area contributed by atoms with Gasteiger partial charge in [0.25, 0.3) is 15.9 Å². The van der Waals surface area contributed by atoms with Gasteiger partial charge in [-0.1, -0.05) is 12.1 Å². The quantitative estimate of drug-likeness (QED) is 0.569. The van der Waals surface area contributed by atoms with Gasteiger partial charge in [-0.05, 0) is 69.9 Å². The molecule has 2 heterocycles. The Kier molecular flexibility index (Phi) is 5.58. The predicted octanol–water partition coefficient (Wildman–Crippen LogP) is 4.60. The highest BCUT2D eigenvalue weighted by atomic mass is 32.2. The van der Waals surface area contributed by atoms with Crippen LogP contribution in [0.5, 0.6) is 0 Å². The fraction of sp³-hybridized carbons (Fsp3) is 0.333. The highest BCUT2D eigenvalue weighted by Gasteiger charge is 2.30. The molecule has 0 bridgehead atoms. The molecule has 0 radical (unpaired) electrons. The van der Waals surface area contributed by atoms with Crippen molar-refractivity contribution in [3.63, 3.8) is 0 Å². The molecule has 4 rings (SSSR count). The van der Waals surface area contributed by atoms with E-state index >= 15 is 0 Å². The molecule has 1 amide bonds. The number of rotatable bonds is 5. The normalized spacial score (nSPS) is 14.2. The molecule has 1 saturated heterocycles. The number of nitrogens with zero attached hydrogens (tertiary/aromatic N) is 1. The monoisotopic (exact) mass is 454 g/mol. The van der Waals surface area contributed by atoms with E-state index in [1.807, 2.05) is 13.0 Å². The first-order chi connectivity index (χ1) is 15.1. The van der Waals surface area contributed by atoms with E-state index in [4.69, 9.17) is 4.42 Å². The second-order valence-corrected chi connectivity index (χ2v) is 9.94. The van der Waals surface area contributed by atoms with E-state index in [0.29, 0.717) is 35.2 Å². The highest BCUT2D eigenvalue weighted by molar-refractivity contribution is 7.93. The van der Waals surface area contributed by atoms with Crippen LogP contribution >= 0.6 is 0 Å². The third-order valence-corrected chi connectivity index (χ3v) is 7.60. The number of carbonyl (C=O) groups is 2. The molecule has 0 spiro atoms. The van der Waals surface area contributed by atoms with Gasteiger partial charge in [-0.3, -0.25) is 14.3 Å². The molecule has 32 heavy (non-hydrogen) atoms. The van der Waals surface area contributed by atoms with Crippen molar-refractivity contribution in [2.45, 2.75) is 45.4 Å². The Bertz CT molecular complexity index is 1350. The first-order valence-corrected chi connectivity index (χ1v) is 12.0. The number of furan rings is 1. The molecular weight excluding hydrogens is 428 g/mol. The molecule has 3 aromatic rings. The topological polar surface area (TPSA) is 96.7 Å². The summed E-state index contributed by atoms with van der Waals surface area (Å²) in [6, 6.07) is 8.19. The molecule has 1 aliphatic heterocycles. The Morgan fingerprint density at radius 1 is 1.03 bits per heavy atom. The fourth-order valence-corrected chi connectivity index (χ4v) is 5.64. The van der Waals surface area contributed by atoms with E-state index < -0.39 is 10.0 Å². The van der Waals surface area contributed by atoms with Crippen molar-refractivity contribution in [2.75, 3.05) is 17.8 Å². The molecule has 1 fully saturated rings. The summed E-state index contributed by atoms with van der Waals surface area (Å²) in [5.41, 5.74) is 2.81. The summed E-state index contributed by atoms with van der Waals surface area (Å²) in [5.74, 6) is -0.189. The third kappa shape index (κ3) is 3.79. The number of benzene rings is 2. The molecule has 1 aromatic heterocycles. The van der Waals surface area contributed by atoms with Gasteiger partial charge in [0.05, 0.1) is 0 Å². The van der Waals surface area contributed by atoms with Gasteiger partial charge in [-0.2, -0.15) is 0 Å². The van der Waals surface area contributed by atoms with Crippen molar-refractivity contribution >= 4 is 38.4 Å². The number of fused-ring (bicyclic) bond motifs is 1. The molecular formula is C24H26N2O5S. The summed E-state index contributed by atoms with van der Waals surface area (Å²) < 4.78 is 35.5. The van der Waals surface area contributed by atoms with Crippen LogP contribution in [0.2, 0.25) is 0 Å². The standard InChI is InChI=1S/C24H26N2O5S/c1-14-12-20-16(3)21(24(28)26-10-5-6-11-26)31-22(20)23(15(14)2)32(29,30)25-19-9-7-8-18(13-19)17(4)27/h7-9,12-13,25H,5-6,10-11H2,1-4H3. The summed E-state index contributed by atoms with van der Waals surface area (Å²) in [5, 5.41) is 0.605. The predicted molar refractivity (Wildman–Crippen MR) is 123 cm³/mol. The number of sulfonamides is 1. The van der Waals surface area contributed by atoms with Crippen molar-refractivity contribution in [1.29, 1.82) is 0 Å². The van der Waals surface area contributed by atoms with Crippen molar-refractivity contribution in [3.05, 3.63) is 58.3 Å². The van der Waals surface area contributed by atoms with Gasteiger partial charge in [0, 0.05) is 35.3 Å². The number of hydrogen-bond donors (Lipinski definition) is 1. The lowest BCUT2D eigenvalue weighted by Crippen LogP contribution is -2.27. The second-order valence-electron chi connectivity index (χ2n) is 8.32. The number of nitrogens with one attached hydrogen (secondary N) is 1.